The minimum Gasteiger partial charge on any atom is -0.444 e. The Hall–Kier alpha value is -0.560. The minimum atomic E-state index is 0. The molecule has 0 aromatic carbocycles. The van der Waals surface area contributed by atoms with Gasteiger partial charge in [0.25, 0.3) is 5.91 Å². The lowest BCUT2D eigenvalue weighted by Gasteiger charge is -2.32. The van der Waals surface area contributed by atoms with Crippen LogP contribution in [0.15, 0.2) is 21.2 Å². The highest BCUT2D eigenvalue weighted by atomic mass is 79.9. The van der Waals surface area contributed by atoms with E-state index < -0.39 is 0 Å². The summed E-state index contributed by atoms with van der Waals surface area (Å²) >= 11 is 3.23. The number of hydrogen-bond donors (Lipinski definition) is 1. The summed E-state index contributed by atoms with van der Waals surface area (Å²) in [5.41, 5.74) is 0. The van der Waals surface area contributed by atoms with Gasteiger partial charge in [0, 0.05) is 45.3 Å². The molecule has 1 aromatic heterocycles. The Morgan fingerprint density at radius 3 is 2.70 bits per heavy atom. The fourth-order valence-corrected chi connectivity index (χ4v) is 3.16. The van der Waals surface area contributed by atoms with Gasteiger partial charge in [0.05, 0.1) is 0 Å². The Morgan fingerprint density at radius 1 is 1.30 bits per heavy atom. The number of halogens is 2. The van der Waals surface area contributed by atoms with Crippen molar-refractivity contribution in [2.75, 3.05) is 39.3 Å². The summed E-state index contributed by atoms with van der Waals surface area (Å²) in [7, 11) is 0. The van der Waals surface area contributed by atoms with Gasteiger partial charge in [-0.1, -0.05) is 0 Å². The van der Waals surface area contributed by atoms with Crippen molar-refractivity contribution in [3.05, 3.63) is 22.6 Å². The Bertz CT molecular complexity index is 462. The van der Waals surface area contributed by atoms with Crippen LogP contribution < -0.4 is 5.32 Å². The van der Waals surface area contributed by atoms with E-state index in [-0.39, 0.29) is 18.3 Å². The Balaban J connectivity index is 0.00000147. The summed E-state index contributed by atoms with van der Waals surface area (Å²) in [5.74, 6) is 0.427. The van der Waals surface area contributed by atoms with E-state index in [2.05, 4.69) is 26.1 Å². The maximum Gasteiger partial charge on any atom is 0.289 e. The monoisotopic (exact) mass is 363 g/mol. The number of amides is 1. The summed E-state index contributed by atoms with van der Waals surface area (Å²) in [6.45, 7) is 5.91. The molecular formula is C13H19BrClN3O2. The van der Waals surface area contributed by atoms with Crippen LogP contribution in [0.25, 0.3) is 0 Å². The van der Waals surface area contributed by atoms with Crippen molar-refractivity contribution in [2.24, 2.45) is 0 Å². The molecule has 1 unspecified atom stereocenters. The fraction of sp³-hybridized carbons (Fsp3) is 0.615. The van der Waals surface area contributed by atoms with E-state index in [0.29, 0.717) is 16.5 Å². The van der Waals surface area contributed by atoms with Crippen molar-refractivity contribution in [2.45, 2.75) is 12.5 Å². The molecule has 0 spiro atoms. The van der Waals surface area contributed by atoms with Gasteiger partial charge in [-0.3, -0.25) is 9.69 Å². The number of furan rings is 1. The molecule has 112 valence electrons. The highest BCUT2D eigenvalue weighted by Gasteiger charge is 2.32. The van der Waals surface area contributed by atoms with Crippen LogP contribution in [0.2, 0.25) is 0 Å². The Kier molecular flexibility index (Phi) is 5.49. The zero-order valence-corrected chi connectivity index (χ0v) is 13.6. The maximum atomic E-state index is 12.3. The molecule has 1 aromatic rings. The number of carbonyl (C=O) groups is 1. The largest absolute Gasteiger partial charge is 0.444 e. The molecule has 2 aliphatic heterocycles. The number of likely N-dealkylation sites (tertiary alicyclic amines) is 1. The van der Waals surface area contributed by atoms with Crippen molar-refractivity contribution >= 4 is 34.2 Å². The number of rotatable bonds is 2. The van der Waals surface area contributed by atoms with Gasteiger partial charge in [0.1, 0.15) is 0 Å². The molecular weight excluding hydrogens is 346 g/mol. The molecule has 5 nitrogen and oxygen atoms in total. The Morgan fingerprint density at radius 2 is 2.05 bits per heavy atom. The summed E-state index contributed by atoms with van der Waals surface area (Å²) < 4.78 is 5.95. The predicted molar refractivity (Wildman–Crippen MR) is 82.4 cm³/mol. The molecule has 0 bridgehead atoms. The summed E-state index contributed by atoms with van der Waals surface area (Å²) in [6, 6.07) is 3.99. The maximum absolute atomic E-state index is 12.3. The third kappa shape index (κ3) is 3.36. The van der Waals surface area contributed by atoms with Crippen molar-refractivity contribution < 1.29 is 9.21 Å². The van der Waals surface area contributed by atoms with Gasteiger partial charge in [0.2, 0.25) is 0 Å². The highest BCUT2D eigenvalue weighted by molar-refractivity contribution is 9.10. The summed E-state index contributed by atoms with van der Waals surface area (Å²) in [5, 5.41) is 3.36. The third-order valence-electron chi connectivity index (χ3n) is 3.90. The zero-order valence-electron chi connectivity index (χ0n) is 11.2. The van der Waals surface area contributed by atoms with Crippen molar-refractivity contribution in [3.8, 4) is 0 Å². The second-order valence-electron chi connectivity index (χ2n) is 5.08. The average molecular weight is 365 g/mol. The molecule has 0 aliphatic carbocycles. The number of piperazine rings is 1. The second kappa shape index (κ2) is 6.93. The molecule has 1 atom stereocenters. The normalized spacial score (nSPS) is 23.6. The number of nitrogens with zero attached hydrogens (tertiary/aromatic N) is 2. The molecule has 3 rings (SSSR count). The molecule has 1 N–H and O–H groups in total. The van der Waals surface area contributed by atoms with Gasteiger partial charge in [-0.2, -0.15) is 0 Å². The zero-order chi connectivity index (χ0) is 13.2. The molecule has 0 radical (unpaired) electrons. The van der Waals surface area contributed by atoms with Gasteiger partial charge in [-0.25, -0.2) is 0 Å². The Labute approximate surface area is 133 Å². The smallest absolute Gasteiger partial charge is 0.289 e. The first-order valence-electron chi connectivity index (χ1n) is 6.73. The van der Waals surface area contributed by atoms with Crippen molar-refractivity contribution in [1.82, 2.24) is 15.1 Å². The van der Waals surface area contributed by atoms with Gasteiger partial charge in [-0.15, -0.1) is 12.4 Å². The lowest BCUT2D eigenvalue weighted by atomic mass is 10.2. The third-order valence-corrected chi connectivity index (χ3v) is 4.33. The van der Waals surface area contributed by atoms with Gasteiger partial charge in [0.15, 0.2) is 10.4 Å². The van der Waals surface area contributed by atoms with Crippen LogP contribution in [0.3, 0.4) is 0 Å². The van der Waals surface area contributed by atoms with Crippen molar-refractivity contribution in [3.63, 3.8) is 0 Å². The quantitative estimate of drug-likeness (QED) is 0.866. The van der Waals surface area contributed by atoms with Crippen LogP contribution >= 0.6 is 28.3 Å². The first-order chi connectivity index (χ1) is 9.24. The predicted octanol–water partition coefficient (Wildman–Crippen LogP) is 1.58. The summed E-state index contributed by atoms with van der Waals surface area (Å²) in [4.78, 5) is 16.7. The SMILES string of the molecule is Cl.O=C(c1ccc(Br)o1)N1CCC(N2CCNCC2)C1. The molecule has 2 saturated heterocycles. The van der Waals surface area contributed by atoms with Crippen LogP contribution in [0, 0.1) is 0 Å². The molecule has 20 heavy (non-hydrogen) atoms. The molecule has 2 aliphatic rings. The van der Waals surface area contributed by atoms with Crippen LogP contribution in [-0.2, 0) is 0 Å². The van der Waals surface area contributed by atoms with E-state index in [1.165, 1.54) is 0 Å². The highest BCUT2D eigenvalue weighted by Crippen LogP contribution is 2.21. The van der Waals surface area contributed by atoms with Gasteiger partial charge in [-0.05, 0) is 34.5 Å². The lowest BCUT2D eigenvalue weighted by Crippen LogP contribution is -2.49. The van der Waals surface area contributed by atoms with E-state index in [1.54, 1.807) is 12.1 Å². The topological polar surface area (TPSA) is 48.7 Å². The first kappa shape index (κ1) is 15.8. The molecule has 2 fully saturated rings. The fourth-order valence-electron chi connectivity index (χ4n) is 2.86. The minimum absolute atomic E-state index is 0. The average Bonchev–Trinajstić information content (AvgIpc) is 3.08. The lowest BCUT2D eigenvalue weighted by molar-refractivity contribution is 0.0741. The van der Waals surface area contributed by atoms with Gasteiger partial charge >= 0.3 is 0 Å². The standard InChI is InChI=1S/C13H18BrN3O2.ClH/c14-12-2-1-11(19-12)13(18)17-6-3-10(9-17)16-7-4-15-5-8-16;/h1-2,10,15H,3-9H2;1H. The number of hydrogen-bond acceptors (Lipinski definition) is 4. The van der Waals surface area contributed by atoms with E-state index in [9.17, 15) is 4.79 Å². The molecule has 3 heterocycles. The van der Waals surface area contributed by atoms with Crippen LogP contribution in [-0.4, -0.2) is 61.0 Å². The second-order valence-corrected chi connectivity index (χ2v) is 5.86. The molecule has 1 amide bonds. The molecule has 0 saturated carbocycles. The van der Waals surface area contributed by atoms with Gasteiger partial charge < -0.3 is 14.6 Å². The summed E-state index contributed by atoms with van der Waals surface area (Å²) in [6.07, 6.45) is 1.06. The number of carbonyl (C=O) groups excluding carboxylic acids is 1. The van der Waals surface area contributed by atoms with Crippen LogP contribution in [0.4, 0.5) is 0 Å². The van der Waals surface area contributed by atoms with E-state index in [0.717, 1.165) is 45.7 Å². The van der Waals surface area contributed by atoms with E-state index in [4.69, 9.17) is 4.42 Å². The van der Waals surface area contributed by atoms with E-state index >= 15 is 0 Å². The van der Waals surface area contributed by atoms with Crippen LogP contribution in [0.1, 0.15) is 17.0 Å². The van der Waals surface area contributed by atoms with Crippen LogP contribution in [0.5, 0.6) is 0 Å². The first-order valence-corrected chi connectivity index (χ1v) is 7.53. The van der Waals surface area contributed by atoms with E-state index in [1.807, 2.05) is 4.90 Å². The number of nitrogens with one attached hydrogen (secondary N) is 1. The van der Waals surface area contributed by atoms with Crippen molar-refractivity contribution in [1.29, 1.82) is 0 Å². The molecule has 7 heteroatoms.